The topological polar surface area (TPSA) is 52.2 Å². The van der Waals surface area contributed by atoms with Crippen molar-refractivity contribution in [3.63, 3.8) is 0 Å². The fourth-order valence-corrected chi connectivity index (χ4v) is 2.55. The maximum atomic E-state index is 11.8. The predicted octanol–water partition coefficient (Wildman–Crippen LogP) is 4.33. The first-order valence-corrected chi connectivity index (χ1v) is 8.75. The van der Waals surface area contributed by atoms with Crippen LogP contribution in [0.1, 0.15) is 84.5 Å². The Morgan fingerprint density at radius 1 is 0.952 bits per heavy atom. The SMILES string of the molecule is CCCCCCCCCCCC(=O)NC(CC)[N+](C)(C)[O-]. The van der Waals surface area contributed by atoms with Gasteiger partial charge in [0.15, 0.2) is 6.17 Å². The minimum absolute atomic E-state index is 0.0202. The fourth-order valence-electron chi connectivity index (χ4n) is 2.55. The van der Waals surface area contributed by atoms with Gasteiger partial charge in [0.1, 0.15) is 0 Å². The highest BCUT2D eigenvalue weighted by molar-refractivity contribution is 5.75. The highest BCUT2D eigenvalue weighted by atomic mass is 16.5. The van der Waals surface area contributed by atoms with Crippen molar-refractivity contribution in [3.05, 3.63) is 5.21 Å². The molecule has 0 fully saturated rings. The normalized spacial score (nSPS) is 13.2. The number of hydrogen-bond donors (Lipinski definition) is 1. The zero-order chi connectivity index (χ0) is 16.1. The third-order valence-electron chi connectivity index (χ3n) is 3.97. The molecule has 0 aromatic rings. The summed E-state index contributed by atoms with van der Waals surface area (Å²) < 4.78 is -0.458. The van der Waals surface area contributed by atoms with Crippen molar-refractivity contribution in [3.8, 4) is 0 Å². The molecule has 0 aliphatic rings. The zero-order valence-corrected chi connectivity index (χ0v) is 14.6. The summed E-state index contributed by atoms with van der Waals surface area (Å²) in [6, 6.07) is 0. The van der Waals surface area contributed by atoms with E-state index in [1.54, 1.807) is 14.1 Å². The van der Waals surface area contributed by atoms with Crippen LogP contribution in [0.4, 0.5) is 0 Å². The van der Waals surface area contributed by atoms with Crippen LogP contribution in [0, 0.1) is 5.21 Å². The summed E-state index contributed by atoms with van der Waals surface area (Å²) in [5, 5.41) is 14.7. The van der Waals surface area contributed by atoms with E-state index in [-0.39, 0.29) is 12.1 Å². The van der Waals surface area contributed by atoms with Crippen LogP contribution >= 0.6 is 0 Å². The molecule has 0 saturated heterocycles. The quantitative estimate of drug-likeness (QED) is 0.238. The predicted molar refractivity (Wildman–Crippen MR) is 89.5 cm³/mol. The monoisotopic (exact) mass is 300 g/mol. The van der Waals surface area contributed by atoms with E-state index in [1.807, 2.05) is 6.92 Å². The van der Waals surface area contributed by atoms with Gasteiger partial charge in [0, 0.05) is 12.8 Å². The van der Waals surface area contributed by atoms with Crippen molar-refractivity contribution in [2.45, 2.75) is 90.6 Å². The van der Waals surface area contributed by atoms with Crippen LogP contribution in [-0.2, 0) is 4.79 Å². The molecule has 21 heavy (non-hydrogen) atoms. The number of hydrogen-bond acceptors (Lipinski definition) is 2. The van der Waals surface area contributed by atoms with Gasteiger partial charge >= 0.3 is 0 Å². The van der Waals surface area contributed by atoms with Gasteiger partial charge in [-0.25, -0.2) is 0 Å². The Morgan fingerprint density at radius 3 is 1.86 bits per heavy atom. The van der Waals surface area contributed by atoms with Gasteiger partial charge in [-0.1, -0.05) is 65.2 Å². The largest absolute Gasteiger partial charge is 0.632 e. The lowest BCUT2D eigenvalue weighted by atomic mass is 10.1. The Kier molecular flexibility index (Phi) is 11.6. The van der Waals surface area contributed by atoms with Crippen LogP contribution in [0.2, 0.25) is 0 Å². The molecule has 4 nitrogen and oxygen atoms in total. The van der Waals surface area contributed by atoms with E-state index in [2.05, 4.69) is 12.2 Å². The Balaban J connectivity index is 3.54. The van der Waals surface area contributed by atoms with Crippen molar-refractivity contribution < 1.29 is 9.44 Å². The van der Waals surface area contributed by atoms with Crippen molar-refractivity contribution in [1.82, 2.24) is 5.32 Å². The molecule has 0 saturated carbocycles. The molecule has 0 aromatic carbocycles. The average Bonchev–Trinajstić information content (AvgIpc) is 2.41. The van der Waals surface area contributed by atoms with Crippen LogP contribution in [-0.4, -0.2) is 30.8 Å². The molecule has 0 radical (unpaired) electrons. The summed E-state index contributed by atoms with van der Waals surface area (Å²) >= 11 is 0. The standard InChI is InChI=1S/C17H36N2O2/c1-5-7-8-9-10-11-12-13-14-15-17(20)18-16(6-2)19(3,4)21/h16H,5-15H2,1-4H3,(H,18,20). The highest BCUT2D eigenvalue weighted by Crippen LogP contribution is 2.11. The van der Waals surface area contributed by atoms with Gasteiger partial charge in [0.25, 0.3) is 0 Å². The molecule has 1 unspecified atom stereocenters. The van der Waals surface area contributed by atoms with E-state index < -0.39 is 4.65 Å². The fraction of sp³-hybridized carbons (Fsp3) is 0.941. The smallest absolute Gasteiger partial charge is 0.224 e. The molecule has 0 heterocycles. The van der Waals surface area contributed by atoms with Gasteiger partial charge in [0.05, 0.1) is 14.1 Å². The summed E-state index contributed by atoms with van der Waals surface area (Å²) in [5.74, 6) is 0.0202. The lowest BCUT2D eigenvalue weighted by molar-refractivity contribution is -0.869. The molecule has 0 rings (SSSR count). The molecule has 0 aliphatic heterocycles. The van der Waals surface area contributed by atoms with Crippen LogP contribution in [0.25, 0.3) is 0 Å². The van der Waals surface area contributed by atoms with Gasteiger partial charge in [-0.15, -0.1) is 0 Å². The first-order valence-electron chi connectivity index (χ1n) is 8.75. The number of nitrogens with zero attached hydrogens (tertiary/aromatic N) is 1. The van der Waals surface area contributed by atoms with E-state index in [0.29, 0.717) is 12.8 Å². The molecular formula is C17H36N2O2. The molecule has 1 N–H and O–H groups in total. The van der Waals surface area contributed by atoms with Crippen molar-refractivity contribution in [2.24, 2.45) is 0 Å². The summed E-state index contributed by atoms with van der Waals surface area (Å²) in [4.78, 5) is 11.8. The Bertz CT molecular complexity index is 262. The van der Waals surface area contributed by atoms with Gasteiger partial charge in [-0.2, -0.15) is 0 Å². The Hall–Kier alpha value is -0.610. The Labute approximate surface area is 131 Å². The number of carbonyl (C=O) groups is 1. The van der Waals surface area contributed by atoms with Crippen LogP contribution in [0.5, 0.6) is 0 Å². The lowest BCUT2D eigenvalue weighted by Gasteiger charge is -2.41. The molecule has 1 amide bonds. The minimum Gasteiger partial charge on any atom is -0.632 e. The van der Waals surface area contributed by atoms with E-state index in [0.717, 1.165) is 12.8 Å². The summed E-state index contributed by atoms with van der Waals surface area (Å²) in [5.41, 5.74) is 0. The maximum Gasteiger partial charge on any atom is 0.224 e. The van der Waals surface area contributed by atoms with E-state index in [4.69, 9.17) is 0 Å². The second kappa shape index (κ2) is 12.0. The van der Waals surface area contributed by atoms with E-state index in [1.165, 1.54) is 44.9 Å². The van der Waals surface area contributed by atoms with Crippen molar-refractivity contribution in [2.75, 3.05) is 14.1 Å². The second-order valence-corrected chi connectivity index (χ2v) is 6.50. The number of rotatable bonds is 13. The molecule has 0 spiro atoms. The van der Waals surface area contributed by atoms with Crippen molar-refractivity contribution in [1.29, 1.82) is 0 Å². The molecule has 0 aromatic heterocycles. The number of carbonyl (C=O) groups excluding carboxylic acids is 1. The second-order valence-electron chi connectivity index (χ2n) is 6.50. The van der Waals surface area contributed by atoms with E-state index >= 15 is 0 Å². The van der Waals surface area contributed by atoms with Crippen LogP contribution in [0.3, 0.4) is 0 Å². The molecule has 1 atom stereocenters. The molecule has 4 heteroatoms. The summed E-state index contributed by atoms with van der Waals surface area (Å²) in [6.45, 7) is 4.17. The first-order chi connectivity index (χ1) is 9.91. The number of unbranched alkanes of at least 4 members (excludes halogenated alkanes) is 8. The molecule has 0 bridgehead atoms. The number of hydroxylamine groups is 3. The Morgan fingerprint density at radius 2 is 1.43 bits per heavy atom. The van der Waals surface area contributed by atoms with Gasteiger partial charge < -0.3 is 15.2 Å². The highest BCUT2D eigenvalue weighted by Gasteiger charge is 2.19. The third kappa shape index (κ3) is 11.7. The van der Waals surface area contributed by atoms with Gasteiger partial charge in [0.2, 0.25) is 5.91 Å². The van der Waals surface area contributed by atoms with E-state index in [9.17, 15) is 10.0 Å². The van der Waals surface area contributed by atoms with Crippen LogP contribution < -0.4 is 5.32 Å². The summed E-state index contributed by atoms with van der Waals surface area (Å²) in [6.07, 6.45) is 12.1. The minimum atomic E-state index is -0.458. The number of nitrogens with one attached hydrogen (secondary N) is 1. The van der Waals surface area contributed by atoms with Gasteiger partial charge in [-0.3, -0.25) is 4.79 Å². The lowest BCUT2D eigenvalue weighted by Crippen LogP contribution is -2.53. The molecule has 126 valence electrons. The number of amides is 1. The summed E-state index contributed by atoms with van der Waals surface area (Å²) in [7, 11) is 3.15. The third-order valence-corrected chi connectivity index (χ3v) is 3.97. The first kappa shape index (κ1) is 20.4. The number of quaternary nitrogens is 1. The van der Waals surface area contributed by atoms with Crippen LogP contribution in [0.15, 0.2) is 0 Å². The van der Waals surface area contributed by atoms with Crippen molar-refractivity contribution >= 4 is 5.91 Å². The molecule has 0 aliphatic carbocycles. The van der Waals surface area contributed by atoms with Gasteiger partial charge in [-0.05, 0) is 6.42 Å². The zero-order valence-electron chi connectivity index (χ0n) is 14.6. The molecular weight excluding hydrogens is 264 g/mol. The maximum absolute atomic E-state index is 11.8. The average molecular weight is 300 g/mol.